The van der Waals surface area contributed by atoms with Crippen LogP contribution in [0.2, 0.25) is 0 Å². The minimum absolute atomic E-state index is 0.0559. The summed E-state index contributed by atoms with van der Waals surface area (Å²) < 4.78 is 6.01. The standard InChI is InChI=1S/C22H31N3O2S/c1-2-20-18(16-23-8-3-4-9-23)15-21(27-20)22(26)25-11-6-10-24(12-13-25)17-19-7-5-14-28-19/h5,7,14-15H,2-4,6,8-13,16-17H2,1H3. The molecule has 2 saturated heterocycles. The number of nitrogens with zero attached hydrogens (tertiary/aromatic N) is 3. The zero-order chi connectivity index (χ0) is 19.3. The molecule has 2 aromatic rings. The second kappa shape index (κ2) is 9.25. The van der Waals surface area contributed by atoms with Crippen molar-refractivity contribution in [2.75, 3.05) is 39.3 Å². The van der Waals surface area contributed by atoms with Gasteiger partial charge >= 0.3 is 0 Å². The Morgan fingerprint density at radius 2 is 1.82 bits per heavy atom. The van der Waals surface area contributed by atoms with E-state index in [0.29, 0.717) is 5.76 Å². The molecule has 0 aliphatic carbocycles. The van der Waals surface area contributed by atoms with Gasteiger partial charge in [0.25, 0.3) is 5.91 Å². The summed E-state index contributed by atoms with van der Waals surface area (Å²) in [5, 5.41) is 2.13. The lowest BCUT2D eigenvalue weighted by molar-refractivity contribution is 0.0727. The van der Waals surface area contributed by atoms with Crippen molar-refractivity contribution in [2.45, 2.75) is 45.7 Å². The van der Waals surface area contributed by atoms with Gasteiger partial charge in [-0.3, -0.25) is 14.6 Å². The maximum absolute atomic E-state index is 13.1. The molecule has 4 rings (SSSR count). The SMILES string of the molecule is CCc1oc(C(=O)N2CCCN(Cc3cccs3)CC2)cc1CN1CCCC1. The molecule has 0 unspecified atom stereocenters. The van der Waals surface area contributed by atoms with E-state index in [4.69, 9.17) is 4.42 Å². The zero-order valence-corrected chi connectivity index (χ0v) is 17.7. The lowest BCUT2D eigenvalue weighted by atomic mass is 10.2. The topological polar surface area (TPSA) is 39.9 Å². The highest BCUT2D eigenvalue weighted by Gasteiger charge is 2.25. The Morgan fingerprint density at radius 1 is 1.04 bits per heavy atom. The first kappa shape index (κ1) is 19.7. The number of likely N-dealkylation sites (tertiary alicyclic amines) is 1. The van der Waals surface area contributed by atoms with Gasteiger partial charge in [-0.15, -0.1) is 11.3 Å². The van der Waals surface area contributed by atoms with Gasteiger partial charge in [-0.25, -0.2) is 0 Å². The van der Waals surface area contributed by atoms with Crippen molar-refractivity contribution in [3.63, 3.8) is 0 Å². The Hall–Kier alpha value is -1.63. The second-order valence-corrected chi connectivity index (χ2v) is 8.93. The van der Waals surface area contributed by atoms with E-state index >= 15 is 0 Å². The maximum atomic E-state index is 13.1. The van der Waals surface area contributed by atoms with Crippen LogP contribution in [0.5, 0.6) is 0 Å². The first-order chi connectivity index (χ1) is 13.7. The fraction of sp³-hybridized carbons (Fsp3) is 0.591. The molecular weight excluding hydrogens is 370 g/mol. The fourth-order valence-electron chi connectivity index (χ4n) is 4.30. The molecule has 2 fully saturated rings. The van der Waals surface area contributed by atoms with Crippen LogP contribution in [-0.2, 0) is 19.5 Å². The fourth-order valence-corrected chi connectivity index (χ4v) is 5.04. The quantitative estimate of drug-likeness (QED) is 0.737. The van der Waals surface area contributed by atoms with Crippen molar-refractivity contribution in [3.8, 4) is 0 Å². The number of aryl methyl sites for hydroxylation is 1. The van der Waals surface area contributed by atoms with Crippen molar-refractivity contribution < 1.29 is 9.21 Å². The molecule has 0 saturated carbocycles. The van der Waals surface area contributed by atoms with Crippen LogP contribution in [0.4, 0.5) is 0 Å². The predicted molar refractivity (Wildman–Crippen MR) is 113 cm³/mol. The van der Waals surface area contributed by atoms with E-state index in [1.807, 2.05) is 11.0 Å². The zero-order valence-electron chi connectivity index (χ0n) is 16.9. The van der Waals surface area contributed by atoms with Crippen LogP contribution in [0.1, 0.15) is 52.9 Å². The van der Waals surface area contributed by atoms with Crippen molar-refractivity contribution in [3.05, 3.63) is 45.5 Å². The Bertz CT molecular complexity index is 765. The Morgan fingerprint density at radius 3 is 2.57 bits per heavy atom. The summed E-state index contributed by atoms with van der Waals surface area (Å²) in [6.07, 6.45) is 4.41. The van der Waals surface area contributed by atoms with Gasteiger partial charge in [-0.05, 0) is 49.9 Å². The summed E-state index contributed by atoms with van der Waals surface area (Å²) in [5.74, 6) is 1.56. The van der Waals surface area contributed by atoms with Crippen LogP contribution in [-0.4, -0.2) is 59.9 Å². The largest absolute Gasteiger partial charge is 0.456 e. The van der Waals surface area contributed by atoms with Gasteiger partial charge < -0.3 is 9.32 Å². The monoisotopic (exact) mass is 401 g/mol. The van der Waals surface area contributed by atoms with Crippen molar-refractivity contribution in [1.29, 1.82) is 0 Å². The summed E-state index contributed by atoms with van der Waals surface area (Å²) in [5.41, 5.74) is 1.20. The third kappa shape index (κ3) is 4.67. The maximum Gasteiger partial charge on any atom is 0.289 e. The normalized spacial score (nSPS) is 19.2. The lowest BCUT2D eigenvalue weighted by Crippen LogP contribution is -2.34. The number of furan rings is 1. The Labute approximate surface area is 171 Å². The third-order valence-electron chi connectivity index (χ3n) is 5.86. The van der Waals surface area contributed by atoms with Crippen LogP contribution in [0.15, 0.2) is 28.0 Å². The molecule has 0 spiro atoms. The van der Waals surface area contributed by atoms with Gasteiger partial charge in [-0.2, -0.15) is 0 Å². The number of amides is 1. The van der Waals surface area contributed by atoms with Gasteiger partial charge in [0.05, 0.1) is 0 Å². The molecule has 2 aliphatic heterocycles. The molecule has 0 N–H and O–H groups in total. The van der Waals surface area contributed by atoms with E-state index in [-0.39, 0.29) is 5.91 Å². The number of carbonyl (C=O) groups is 1. The molecular formula is C22H31N3O2S. The molecule has 5 nitrogen and oxygen atoms in total. The molecule has 0 radical (unpaired) electrons. The van der Waals surface area contributed by atoms with Crippen LogP contribution < -0.4 is 0 Å². The van der Waals surface area contributed by atoms with Gasteiger partial charge in [0.15, 0.2) is 5.76 Å². The van der Waals surface area contributed by atoms with E-state index in [0.717, 1.165) is 71.0 Å². The summed E-state index contributed by atoms with van der Waals surface area (Å²) in [6.45, 7) is 9.86. The Kier molecular flexibility index (Phi) is 6.50. The predicted octanol–water partition coefficient (Wildman–Crippen LogP) is 3.85. The van der Waals surface area contributed by atoms with Crippen LogP contribution in [0.3, 0.4) is 0 Å². The lowest BCUT2D eigenvalue weighted by Gasteiger charge is -2.20. The summed E-state index contributed by atoms with van der Waals surface area (Å²) >= 11 is 1.81. The minimum Gasteiger partial charge on any atom is -0.456 e. The van der Waals surface area contributed by atoms with Crippen LogP contribution in [0, 0.1) is 0 Å². The molecule has 2 aromatic heterocycles. The number of hydrogen-bond donors (Lipinski definition) is 0. The van der Waals surface area contributed by atoms with E-state index in [9.17, 15) is 4.79 Å². The highest BCUT2D eigenvalue weighted by molar-refractivity contribution is 7.09. The highest BCUT2D eigenvalue weighted by Crippen LogP contribution is 2.22. The van der Waals surface area contributed by atoms with Gasteiger partial charge in [0.2, 0.25) is 0 Å². The Balaban J connectivity index is 1.38. The van der Waals surface area contributed by atoms with E-state index in [1.165, 1.54) is 23.3 Å². The molecule has 0 bridgehead atoms. The second-order valence-electron chi connectivity index (χ2n) is 7.90. The number of thiophene rings is 1. The highest BCUT2D eigenvalue weighted by atomic mass is 32.1. The van der Waals surface area contributed by atoms with Gasteiger partial charge in [0.1, 0.15) is 5.76 Å². The molecule has 0 atom stereocenters. The molecule has 4 heterocycles. The van der Waals surface area contributed by atoms with Crippen LogP contribution >= 0.6 is 11.3 Å². The number of hydrogen-bond acceptors (Lipinski definition) is 5. The van der Waals surface area contributed by atoms with E-state index < -0.39 is 0 Å². The average Bonchev–Trinajstić information content (AvgIpc) is 3.43. The summed E-state index contributed by atoms with van der Waals surface area (Å²) in [6, 6.07) is 6.30. The summed E-state index contributed by atoms with van der Waals surface area (Å²) in [4.78, 5) is 21.4. The van der Waals surface area contributed by atoms with Gasteiger partial charge in [0, 0.05) is 56.1 Å². The molecule has 152 valence electrons. The van der Waals surface area contributed by atoms with E-state index in [1.54, 1.807) is 11.3 Å². The third-order valence-corrected chi connectivity index (χ3v) is 6.72. The molecule has 1 amide bonds. The average molecular weight is 402 g/mol. The molecule has 28 heavy (non-hydrogen) atoms. The first-order valence-electron chi connectivity index (χ1n) is 10.6. The number of carbonyl (C=O) groups excluding carboxylic acids is 1. The molecule has 0 aromatic carbocycles. The molecule has 2 aliphatic rings. The van der Waals surface area contributed by atoms with E-state index in [2.05, 4.69) is 34.2 Å². The van der Waals surface area contributed by atoms with Crippen molar-refractivity contribution in [1.82, 2.24) is 14.7 Å². The summed E-state index contributed by atoms with van der Waals surface area (Å²) in [7, 11) is 0. The van der Waals surface area contributed by atoms with Crippen molar-refractivity contribution >= 4 is 17.2 Å². The minimum atomic E-state index is 0.0559. The van der Waals surface area contributed by atoms with Gasteiger partial charge in [-0.1, -0.05) is 13.0 Å². The van der Waals surface area contributed by atoms with Crippen LogP contribution in [0.25, 0.3) is 0 Å². The smallest absolute Gasteiger partial charge is 0.289 e. The molecule has 6 heteroatoms. The first-order valence-corrected chi connectivity index (χ1v) is 11.5. The number of rotatable bonds is 6. The van der Waals surface area contributed by atoms with Crippen molar-refractivity contribution in [2.24, 2.45) is 0 Å².